The highest BCUT2D eigenvalue weighted by Gasteiger charge is 2.21. The SMILES string of the molecule is O=C(O)c1cnc(NCC2CCCO2)c([N+](=O)[O-])c1. The molecule has 1 unspecified atom stereocenters. The van der Waals surface area contributed by atoms with Gasteiger partial charge in [0, 0.05) is 25.4 Å². The summed E-state index contributed by atoms with van der Waals surface area (Å²) < 4.78 is 5.38. The number of carboxylic acid groups (broad SMARTS) is 1. The van der Waals surface area contributed by atoms with Crippen LogP contribution in [0, 0.1) is 10.1 Å². The first-order valence-corrected chi connectivity index (χ1v) is 5.81. The van der Waals surface area contributed by atoms with Crippen LogP contribution in [0.4, 0.5) is 11.5 Å². The van der Waals surface area contributed by atoms with E-state index >= 15 is 0 Å². The summed E-state index contributed by atoms with van der Waals surface area (Å²) in [6.45, 7) is 1.11. The van der Waals surface area contributed by atoms with Crippen LogP contribution in [0.25, 0.3) is 0 Å². The fourth-order valence-corrected chi connectivity index (χ4v) is 1.86. The Morgan fingerprint density at radius 3 is 3.05 bits per heavy atom. The number of nitro groups is 1. The van der Waals surface area contributed by atoms with Gasteiger partial charge in [-0.25, -0.2) is 9.78 Å². The van der Waals surface area contributed by atoms with Crippen molar-refractivity contribution in [3.05, 3.63) is 27.9 Å². The Bertz CT molecular complexity index is 499. The normalized spacial score (nSPS) is 18.2. The van der Waals surface area contributed by atoms with Gasteiger partial charge in [-0.1, -0.05) is 0 Å². The van der Waals surface area contributed by atoms with Crippen molar-refractivity contribution in [3.63, 3.8) is 0 Å². The number of aromatic nitrogens is 1. The number of ether oxygens (including phenoxy) is 1. The first-order chi connectivity index (χ1) is 9.08. The standard InChI is InChI=1S/C11H13N3O5/c15-11(16)7-4-9(14(17)18)10(12-5-7)13-6-8-2-1-3-19-8/h4-5,8H,1-3,6H2,(H,12,13)(H,15,16). The fourth-order valence-electron chi connectivity index (χ4n) is 1.86. The van der Waals surface area contributed by atoms with Gasteiger partial charge in [-0.3, -0.25) is 10.1 Å². The van der Waals surface area contributed by atoms with Gasteiger partial charge >= 0.3 is 11.7 Å². The number of carboxylic acids is 1. The number of aromatic carboxylic acids is 1. The molecule has 1 aliphatic heterocycles. The molecule has 0 spiro atoms. The van der Waals surface area contributed by atoms with Crippen LogP contribution in [0.2, 0.25) is 0 Å². The van der Waals surface area contributed by atoms with Crippen LogP contribution >= 0.6 is 0 Å². The minimum atomic E-state index is -1.25. The fraction of sp³-hybridized carbons (Fsp3) is 0.455. The monoisotopic (exact) mass is 267 g/mol. The van der Waals surface area contributed by atoms with E-state index in [-0.39, 0.29) is 23.2 Å². The van der Waals surface area contributed by atoms with Crippen molar-refractivity contribution in [3.8, 4) is 0 Å². The minimum Gasteiger partial charge on any atom is -0.478 e. The average molecular weight is 267 g/mol. The number of hydrogen-bond donors (Lipinski definition) is 2. The Morgan fingerprint density at radius 2 is 2.47 bits per heavy atom. The highest BCUT2D eigenvalue weighted by atomic mass is 16.6. The molecule has 102 valence electrons. The number of rotatable bonds is 5. The lowest BCUT2D eigenvalue weighted by Gasteiger charge is -2.11. The summed E-state index contributed by atoms with van der Waals surface area (Å²) in [6, 6.07) is 0.993. The molecule has 1 fully saturated rings. The summed E-state index contributed by atoms with van der Waals surface area (Å²) in [5.41, 5.74) is -0.563. The van der Waals surface area contributed by atoms with E-state index in [0.29, 0.717) is 13.2 Å². The minimum absolute atomic E-state index is 0.0144. The van der Waals surface area contributed by atoms with E-state index in [1.807, 2.05) is 0 Å². The number of anilines is 1. The molecule has 19 heavy (non-hydrogen) atoms. The Balaban J connectivity index is 2.14. The number of nitrogens with zero attached hydrogens (tertiary/aromatic N) is 2. The van der Waals surface area contributed by atoms with E-state index in [2.05, 4.69) is 10.3 Å². The summed E-state index contributed by atoms with van der Waals surface area (Å²) in [4.78, 5) is 24.8. The van der Waals surface area contributed by atoms with Gasteiger partial charge < -0.3 is 15.2 Å². The number of carbonyl (C=O) groups is 1. The molecule has 8 nitrogen and oxygen atoms in total. The third kappa shape index (κ3) is 3.16. The molecule has 0 amide bonds. The highest BCUT2D eigenvalue weighted by molar-refractivity contribution is 5.88. The van der Waals surface area contributed by atoms with Gasteiger partial charge in [0.25, 0.3) is 0 Å². The van der Waals surface area contributed by atoms with E-state index in [1.165, 1.54) is 0 Å². The molecule has 0 radical (unpaired) electrons. The second kappa shape index (κ2) is 5.61. The van der Waals surface area contributed by atoms with Gasteiger partial charge in [0.05, 0.1) is 16.6 Å². The maximum atomic E-state index is 10.9. The third-order valence-electron chi connectivity index (χ3n) is 2.83. The molecule has 1 aliphatic rings. The van der Waals surface area contributed by atoms with Crippen LogP contribution in [0.15, 0.2) is 12.3 Å². The Hall–Kier alpha value is -2.22. The van der Waals surface area contributed by atoms with Crippen LogP contribution in [0.1, 0.15) is 23.2 Å². The van der Waals surface area contributed by atoms with E-state index in [9.17, 15) is 14.9 Å². The van der Waals surface area contributed by atoms with Crippen LogP contribution in [0.5, 0.6) is 0 Å². The van der Waals surface area contributed by atoms with E-state index in [0.717, 1.165) is 25.1 Å². The maximum Gasteiger partial charge on any atom is 0.337 e. The molecule has 0 bridgehead atoms. The van der Waals surface area contributed by atoms with Crippen molar-refractivity contribution in [2.24, 2.45) is 0 Å². The topological polar surface area (TPSA) is 115 Å². The molecule has 8 heteroatoms. The zero-order valence-electron chi connectivity index (χ0n) is 10.0. The van der Waals surface area contributed by atoms with Crippen molar-refractivity contribution >= 4 is 17.5 Å². The molecular formula is C11H13N3O5. The average Bonchev–Trinajstić information content (AvgIpc) is 2.89. The first kappa shape index (κ1) is 13.2. The van der Waals surface area contributed by atoms with Crippen molar-refractivity contribution in [2.45, 2.75) is 18.9 Å². The predicted octanol–water partition coefficient (Wildman–Crippen LogP) is 1.28. The Kier molecular flexibility index (Phi) is 3.91. The molecule has 2 rings (SSSR count). The van der Waals surface area contributed by atoms with Gasteiger partial charge in [0.15, 0.2) is 0 Å². The van der Waals surface area contributed by atoms with Gasteiger partial charge in [0.1, 0.15) is 0 Å². The second-order valence-corrected chi connectivity index (χ2v) is 4.17. The quantitative estimate of drug-likeness (QED) is 0.609. The second-order valence-electron chi connectivity index (χ2n) is 4.17. The Labute approximate surface area is 108 Å². The molecule has 1 atom stereocenters. The van der Waals surface area contributed by atoms with Crippen LogP contribution in [0.3, 0.4) is 0 Å². The lowest BCUT2D eigenvalue weighted by molar-refractivity contribution is -0.384. The molecule has 0 aliphatic carbocycles. The largest absolute Gasteiger partial charge is 0.478 e. The maximum absolute atomic E-state index is 10.9. The van der Waals surface area contributed by atoms with Crippen molar-refractivity contribution < 1.29 is 19.6 Å². The molecule has 2 heterocycles. The molecule has 0 saturated carbocycles. The van der Waals surface area contributed by atoms with Crippen LogP contribution < -0.4 is 5.32 Å². The van der Waals surface area contributed by atoms with E-state index in [4.69, 9.17) is 9.84 Å². The zero-order chi connectivity index (χ0) is 13.8. The summed E-state index contributed by atoms with van der Waals surface area (Å²) in [7, 11) is 0. The highest BCUT2D eigenvalue weighted by Crippen LogP contribution is 2.23. The summed E-state index contributed by atoms with van der Waals surface area (Å²) in [5.74, 6) is -1.19. The van der Waals surface area contributed by atoms with E-state index < -0.39 is 10.9 Å². The van der Waals surface area contributed by atoms with Crippen molar-refractivity contribution in [1.82, 2.24) is 4.98 Å². The van der Waals surface area contributed by atoms with Gasteiger partial charge in [-0.05, 0) is 12.8 Å². The molecule has 1 aromatic rings. The lowest BCUT2D eigenvalue weighted by atomic mass is 10.2. The smallest absolute Gasteiger partial charge is 0.337 e. The van der Waals surface area contributed by atoms with Crippen LogP contribution in [-0.2, 0) is 4.74 Å². The zero-order valence-corrected chi connectivity index (χ0v) is 10.0. The number of hydrogen-bond acceptors (Lipinski definition) is 6. The lowest BCUT2D eigenvalue weighted by Crippen LogP contribution is -2.19. The molecule has 1 saturated heterocycles. The molecular weight excluding hydrogens is 254 g/mol. The van der Waals surface area contributed by atoms with Crippen molar-refractivity contribution in [2.75, 3.05) is 18.5 Å². The summed E-state index contributed by atoms with van der Waals surface area (Å²) in [5, 5.41) is 22.5. The Morgan fingerprint density at radius 1 is 1.68 bits per heavy atom. The predicted molar refractivity (Wildman–Crippen MR) is 65.3 cm³/mol. The molecule has 2 N–H and O–H groups in total. The summed E-state index contributed by atoms with van der Waals surface area (Å²) >= 11 is 0. The summed E-state index contributed by atoms with van der Waals surface area (Å²) in [6.07, 6.45) is 2.97. The molecule has 1 aromatic heterocycles. The van der Waals surface area contributed by atoms with Crippen LogP contribution in [-0.4, -0.2) is 40.2 Å². The van der Waals surface area contributed by atoms with Gasteiger partial charge in [0.2, 0.25) is 5.82 Å². The number of pyridine rings is 1. The molecule has 0 aromatic carbocycles. The van der Waals surface area contributed by atoms with Gasteiger partial charge in [-0.2, -0.15) is 0 Å². The third-order valence-corrected chi connectivity index (χ3v) is 2.83. The van der Waals surface area contributed by atoms with Crippen molar-refractivity contribution in [1.29, 1.82) is 0 Å². The first-order valence-electron chi connectivity index (χ1n) is 5.81. The van der Waals surface area contributed by atoms with E-state index in [1.54, 1.807) is 0 Å². The number of nitrogens with one attached hydrogen (secondary N) is 1. The van der Waals surface area contributed by atoms with Gasteiger partial charge in [-0.15, -0.1) is 0 Å².